The van der Waals surface area contributed by atoms with Crippen molar-refractivity contribution in [3.63, 3.8) is 0 Å². The van der Waals surface area contributed by atoms with E-state index < -0.39 is 0 Å². The highest BCUT2D eigenvalue weighted by atomic mass is 16.1. The van der Waals surface area contributed by atoms with Gasteiger partial charge in [-0.2, -0.15) is 0 Å². The fraction of sp³-hybridized carbons (Fsp3) is 0.615. The standard InChI is InChI=1S/C13H19N3O/c1-14-8-11-6-12(9-14)16(11)7-10-3-4-15(2)13(17)5-10/h3-5,11-12H,6-9H2,1-2H3. The van der Waals surface area contributed by atoms with Gasteiger partial charge in [0.1, 0.15) is 0 Å². The highest BCUT2D eigenvalue weighted by Gasteiger charge is 2.42. The zero-order valence-electron chi connectivity index (χ0n) is 10.5. The zero-order chi connectivity index (χ0) is 12.0. The number of rotatable bonds is 2. The molecule has 1 aromatic rings. The summed E-state index contributed by atoms with van der Waals surface area (Å²) in [7, 11) is 3.98. The smallest absolute Gasteiger partial charge is 0.250 e. The maximum atomic E-state index is 11.6. The van der Waals surface area contributed by atoms with E-state index in [2.05, 4.69) is 22.9 Å². The topological polar surface area (TPSA) is 28.5 Å². The Bertz CT molecular complexity index is 470. The van der Waals surface area contributed by atoms with Crippen LogP contribution in [-0.4, -0.2) is 46.6 Å². The lowest BCUT2D eigenvalue weighted by atomic mass is 9.87. The van der Waals surface area contributed by atoms with Crippen molar-refractivity contribution in [3.8, 4) is 0 Å². The molecule has 17 heavy (non-hydrogen) atoms. The molecule has 2 bridgehead atoms. The van der Waals surface area contributed by atoms with Gasteiger partial charge < -0.3 is 9.47 Å². The van der Waals surface area contributed by atoms with E-state index in [1.54, 1.807) is 17.7 Å². The fourth-order valence-corrected chi connectivity index (χ4v) is 3.05. The summed E-state index contributed by atoms with van der Waals surface area (Å²) in [6, 6.07) is 5.21. The highest BCUT2D eigenvalue weighted by Crippen LogP contribution is 2.32. The first-order valence-electron chi connectivity index (χ1n) is 6.23. The molecule has 1 aromatic heterocycles. The summed E-state index contributed by atoms with van der Waals surface area (Å²) in [6.45, 7) is 3.27. The Balaban J connectivity index is 1.72. The maximum Gasteiger partial charge on any atom is 0.250 e. The average Bonchev–Trinajstić information content (AvgIpc) is 2.30. The van der Waals surface area contributed by atoms with Crippen molar-refractivity contribution in [2.24, 2.45) is 7.05 Å². The van der Waals surface area contributed by atoms with Gasteiger partial charge in [-0.15, -0.1) is 0 Å². The second kappa shape index (κ2) is 3.96. The summed E-state index contributed by atoms with van der Waals surface area (Å²) >= 11 is 0. The molecule has 0 saturated carbocycles. The van der Waals surface area contributed by atoms with Gasteiger partial charge in [-0.1, -0.05) is 0 Å². The van der Waals surface area contributed by atoms with Crippen LogP contribution in [0.5, 0.6) is 0 Å². The highest BCUT2D eigenvalue weighted by molar-refractivity contribution is 5.13. The molecule has 2 atom stereocenters. The molecule has 3 aliphatic rings. The number of hydrogen-bond acceptors (Lipinski definition) is 3. The predicted molar refractivity (Wildman–Crippen MR) is 66.9 cm³/mol. The number of aromatic nitrogens is 1. The van der Waals surface area contributed by atoms with Gasteiger partial charge >= 0.3 is 0 Å². The van der Waals surface area contributed by atoms with Crippen LogP contribution in [-0.2, 0) is 13.6 Å². The van der Waals surface area contributed by atoms with E-state index in [0.717, 1.165) is 12.1 Å². The van der Waals surface area contributed by atoms with Crippen molar-refractivity contribution in [2.45, 2.75) is 25.0 Å². The molecule has 0 amide bonds. The van der Waals surface area contributed by atoms with Crippen molar-refractivity contribution < 1.29 is 0 Å². The van der Waals surface area contributed by atoms with Crippen LogP contribution in [0.4, 0.5) is 0 Å². The van der Waals surface area contributed by atoms with Crippen LogP contribution >= 0.6 is 0 Å². The number of piperidine rings is 1. The first-order chi connectivity index (χ1) is 8.13. The Morgan fingerprint density at radius 3 is 2.65 bits per heavy atom. The Kier molecular flexibility index (Phi) is 2.56. The third-order valence-corrected chi connectivity index (χ3v) is 4.06. The van der Waals surface area contributed by atoms with Crippen LogP contribution < -0.4 is 5.56 Å². The van der Waals surface area contributed by atoms with Crippen LogP contribution in [0.25, 0.3) is 0 Å². The van der Waals surface area contributed by atoms with E-state index in [0.29, 0.717) is 12.1 Å². The van der Waals surface area contributed by atoms with Crippen LogP contribution in [0.3, 0.4) is 0 Å². The minimum Gasteiger partial charge on any atom is -0.319 e. The fourth-order valence-electron chi connectivity index (χ4n) is 3.05. The van der Waals surface area contributed by atoms with Gasteiger partial charge in [0.05, 0.1) is 0 Å². The molecule has 0 N–H and O–H groups in total. The van der Waals surface area contributed by atoms with Gasteiger partial charge in [-0.05, 0) is 25.1 Å². The van der Waals surface area contributed by atoms with Crippen molar-refractivity contribution >= 4 is 0 Å². The minimum atomic E-state index is 0.0882. The third kappa shape index (κ3) is 1.91. The molecule has 3 aliphatic heterocycles. The van der Waals surface area contributed by atoms with E-state index in [1.165, 1.54) is 19.5 Å². The van der Waals surface area contributed by atoms with Crippen molar-refractivity contribution in [1.29, 1.82) is 0 Å². The normalized spacial score (nSPS) is 29.1. The molecule has 0 spiro atoms. The number of likely N-dealkylation sites (N-methyl/N-ethyl adjacent to an activating group) is 1. The lowest BCUT2D eigenvalue weighted by molar-refractivity contribution is -0.0668. The summed E-state index contributed by atoms with van der Waals surface area (Å²) < 4.78 is 1.62. The molecule has 0 radical (unpaired) electrons. The first kappa shape index (κ1) is 11.0. The average molecular weight is 233 g/mol. The number of nitrogens with zero attached hydrogens (tertiary/aromatic N) is 3. The van der Waals surface area contributed by atoms with E-state index in [9.17, 15) is 4.79 Å². The van der Waals surface area contributed by atoms with Gasteiger partial charge in [0, 0.05) is 51.0 Å². The van der Waals surface area contributed by atoms with Crippen molar-refractivity contribution in [3.05, 3.63) is 34.2 Å². The zero-order valence-corrected chi connectivity index (χ0v) is 10.5. The van der Waals surface area contributed by atoms with Crippen LogP contribution in [0.15, 0.2) is 23.1 Å². The van der Waals surface area contributed by atoms with Gasteiger partial charge in [0.2, 0.25) is 0 Å². The number of aryl methyl sites for hydroxylation is 1. The Labute approximate surface area is 101 Å². The van der Waals surface area contributed by atoms with Crippen molar-refractivity contribution in [1.82, 2.24) is 14.4 Å². The third-order valence-electron chi connectivity index (χ3n) is 4.06. The molecule has 3 saturated heterocycles. The molecule has 0 aliphatic carbocycles. The molecule has 2 unspecified atom stereocenters. The van der Waals surface area contributed by atoms with E-state index >= 15 is 0 Å². The van der Waals surface area contributed by atoms with Crippen LogP contribution in [0, 0.1) is 0 Å². The SMILES string of the molecule is CN1CC2CC(C1)N2Cc1ccn(C)c(=O)c1. The van der Waals surface area contributed by atoms with Crippen LogP contribution in [0.1, 0.15) is 12.0 Å². The van der Waals surface area contributed by atoms with Gasteiger partial charge in [-0.25, -0.2) is 0 Å². The second-order valence-electron chi connectivity index (χ2n) is 5.42. The molecule has 4 heteroatoms. The van der Waals surface area contributed by atoms with E-state index in [1.807, 2.05) is 6.20 Å². The largest absolute Gasteiger partial charge is 0.319 e. The number of piperazine rings is 1. The van der Waals surface area contributed by atoms with E-state index in [4.69, 9.17) is 0 Å². The first-order valence-corrected chi connectivity index (χ1v) is 6.23. The minimum absolute atomic E-state index is 0.0882. The molecular weight excluding hydrogens is 214 g/mol. The molecule has 4 heterocycles. The molecule has 3 fully saturated rings. The second-order valence-corrected chi connectivity index (χ2v) is 5.42. The van der Waals surface area contributed by atoms with Crippen molar-refractivity contribution in [2.75, 3.05) is 20.1 Å². The Hall–Kier alpha value is -1.13. The monoisotopic (exact) mass is 233 g/mol. The lowest BCUT2D eigenvalue weighted by Crippen LogP contribution is -2.67. The van der Waals surface area contributed by atoms with E-state index in [-0.39, 0.29) is 5.56 Å². The maximum absolute atomic E-state index is 11.6. The Morgan fingerprint density at radius 1 is 1.29 bits per heavy atom. The van der Waals surface area contributed by atoms with Gasteiger partial charge in [0.25, 0.3) is 5.56 Å². The number of pyridine rings is 1. The number of fused-ring (bicyclic) bond motifs is 2. The summed E-state index contributed by atoms with van der Waals surface area (Å²) in [5.74, 6) is 0. The number of hydrogen-bond donors (Lipinski definition) is 0. The van der Waals surface area contributed by atoms with Gasteiger partial charge in [-0.3, -0.25) is 9.69 Å². The molecule has 92 valence electrons. The quantitative estimate of drug-likeness (QED) is 0.734. The summed E-state index contributed by atoms with van der Waals surface area (Å²) in [6.07, 6.45) is 3.19. The predicted octanol–water partition coefficient (Wildman–Crippen LogP) is 0.274. The van der Waals surface area contributed by atoms with Crippen LogP contribution in [0.2, 0.25) is 0 Å². The molecule has 4 rings (SSSR count). The summed E-state index contributed by atoms with van der Waals surface area (Å²) in [5, 5.41) is 0. The summed E-state index contributed by atoms with van der Waals surface area (Å²) in [5.41, 5.74) is 1.23. The lowest BCUT2D eigenvalue weighted by Gasteiger charge is -2.55. The molecular formula is C13H19N3O. The molecule has 4 nitrogen and oxygen atoms in total. The van der Waals surface area contributed by atoms with Gasteiger partial charge in [0.15, 0.2) is 0 Å². The Morgan fingerprint density at radius 2 is 2.00 bits per heavy atom. The summed E-state index contributed by atoms with van der Waals surface area (Å²) in [4.78, 5) is 16.5. The molecule has 0 aromatic carbocycles.